The molecule has 2 rings (SSSR count). The predicted molar refractivity (Wildman–Crippen MR) is 82.0 cm³/mol. The van der Waals surface area contributed by atoms with E-state index in [-0.39, 0.29) is 11.6 Å². The highest BCUT2D eigenvalue weighted by atomic mass is 16.5. The molecule has 2 unspecified atom stereocenters. The zero-order valence-electron chi connectivity index (χ0n) is 12.7. The van der Waals surface area contributed by atoms with Crippen LogP contribution in [0.1, 0.15) is 13.8 Å². The summed E-state index contributed by atoms with van der Waals surface area (Å²) in [5.74, 6) is 1.06. The molecule has 112 valence electrons. The zero-order valence-corrected chi connectivity index (χ0v) is 12.7. The molecule has 5 heteroatoms. The SMILES string of the molecule is COC(C)C(C)(CN)N1CCN(c2ccccn2)CC1. The molecule has 0 saturated carbocycles. The van der Waals surface area contributed by atoms with Crippen LogP contribution in [0.3, 0.4) is 0 Å². The molecule has 0 aliphatic carbocycles. The number of anilines is 1. The molecule has 0 bridgehead atoms. The molecule has 1 aromatic heterocycles. The van der Waals surface area contributed by atoms with Crippen LogP contribution in [0.25, 0.3) is 0 Å². The Morgan fingerprint density at radius 2 is 2.05 bits per heavy atom. The number of nitrogens with zero attached hydrogens (tertiary/aromatic N) is 3. The smallest absolute Gasteiger partial charge is 0.128 e. The van der Waals surface area contributed by atoms with Crippen LogP contribution in [-0.2, 0) is 4.74 Å². The molecule has 2 atom stereocenters. The molecular weight excluding hydrogens is 252 g/mol. The Kier molecular flexibility index (Phi) is 4.96. The molecule has 0 spiro atoms. The highest BCUT2D eigenvalue weighted by Crippen LogP contribution is 2.23. The van der Waals surface area contributed by atoms with Gasteiger partial charge in [0.15, 0.2) is 0 Å². The summed E-state index contributed by atoms with van der Waals surface area (Å²) in [6.45, 7) is 8.81. The van der Waals surface area contributed by atoms with Gasteiger partial charge in [0.25, 0.3) is 0 Å². The van der Waals surface area contributed by atoms with Gasteiger partial charge in [-0.05, 0) is 26.0 Å². The first-order valence-electron chi connectivity index (χ1n) is 7.25. The van der Waals surface area contributed by atoms with E-state index in [0.717, 1.165) is 32.0 Å². The van der Waals surface area contributed by atoms with Gasteiger partial charge < -0.3 is 15.4 Å². The molecule has 0 aromatic carbocycles. The van der Waals surface area contributed by atoms with Crippen LogP contribution in [0.5, 0.6) is 0 Å². The van der Waals surface area contributed by atoms with Crippen LogP contribution in [0.4, 0.5) is 5.82 Å². The number of methoxy groups -OCH3 is 1. The summed E-state index contributed by atoms with van der Waals surface area (Å²) in [4.78, 5) is 9.19. The van der Waals surface area contributed by atoms with E-state index >= 15 is 0 Å². The Labute approximate surface area is 121 Å². The van der Waals surface area contributed by atoms with Crippen LogP contribution in [-0.4, -0.2) is 61.4 Å². The maximum absolute atomic E-state index is 6.01. The van der Waals surface area contributed by atoms with Gasteiger partial charge >= 0.3 is 0 Å². The third kappa shape index (κ3) is 2.95. The van der Waals surface area contributed by atoms with Gasteiger partial charge in [-0.3, -0.25) is 4.90 Å². The molecular formula is C15H26N4O. The van der Waals surface area contributed by atoms with Gasteiger partial charge in [-0.2, -0.15) is 0 Å². The number of aromatic nitrogens is 1. The third-order valence-corrected chi connectivity index (χ3v) is 4.62. The van der Waals surface area contributed by atoms with Gasteiger partial charge in [0.05, 0.1) is 11.6 Å². The van der Waals surface area contributed by atoms with Crippen molar-refractivity contribution in [2.75, 3.05) is 44.7 Å². The fraction of sp³-hybridized carbons (Fsp3) is 0.667. The minimum atomic E-state index is -0.106. The van der Waals surface area contributed by atoms with E-state index in [0.29, 0.717) is 6.54 Å². The van der Waals surface area contributed by atoms with E-state index in [9.17, 15) is 0 Å². The Morgan fingerprint density at radius 1 is 1.35 bits per heavy atom. The van der Waals surface area contributed by atoms with Gasteiger partial charge in [0.2, 0.25) is 0 Å². The maximum Gasteiger partial charge on any atom is 0.128 e. The first-order chi connectivity index (χ1) is 9.61. The molecule has 1 fully saturated rings. The number of piperazine rings is 1. The van der Waals surface area contributed by atoms with Crippen LogP contribution in [0.2, 0.25) is 0 Å². The molecule has 0 radical (unpaired) electrons. The van der Waals surface area contributed by atoms with E-state index in [1.807, 2.05) is 18.3 Å². The summed E-state index contributed by atoms with van der Waals surface area (Å²) in [6.07, 6.45) is 1.97. The molecule has 0 amide bonds. The number of hydrogen-bond donors (Lipinski definition) is 1. The van der Waals surface area contributed by atoms with Crippen molar-refractivity contribution < 1.29 is 4.74 Å². The third-order valence-electron chi connectivity index (χ3n) is 4.62. The van der Waals surface area contributed by atoms with Crippen LogP contribution in [0, 0.1) is 0 Å². The van der Waals surface area contributed by atoms with Crippen molar-refractivity contribution in [1.82, 2.24) is 9.88 Å². The Balaban J connectivity index is 2.00. The molecule has 1 aromatic rings. The van der Waals surface area contributed by atoms with E-state index in [2.05, 4.69) is 34.7 Å². The van der Waals surface area contributed by atoms with Crippen molar-refractivity contribution in [2.24, 2.45) is 5.73 Å². The van der Waals surface area contributed by atoms with Gasteiger partial charge in [-0.25, -0.2) is 4.98 Å². The van der Waals surface area contributed by atoms with Crippen molar-refractivity contribution in [3.63, 3.8) is 0 Å². The molecule has 5 nitrogen and oxygen atoms in total. The van der Waals surface area contributed by atoms with Crippen molar-refractivity contribution in [1.29, 1.82) is 0 Å². The van der Waals surface area contributed by atoms with Crippen LogP contribution in [0.15, 0.2) is 24.4 Å². The lowest BCUT2D eigenvalue weighted by Crippen LogP contribution is -2.63. The molecule has 1 saturated heterocycles. The van der Waals surface area contributed by atoms with E-state index in [1.54, 1.807) is 7.11 Å². The number of ether oxygens (including phenoxy) is 1. The first kappa shape index (κ1) is 15.2. The predicted octanol–water partition coefficient (Wildman–Crippen LogP) is 0.956. The second kappa shape index (κ2) is 6.52. The molecule has 1 aliphatic heterocycles. The Bertz CT molecular complexity index is 406. The minimum absolute atomic E-state index is 0.106. The summed E-state index contributed by atoms with van der Waals surface area (Å²) in [6, 6.07) is 6.05. The van der Waals surface area contributed by atoms with Crippen molar-refractivity contribution >= 4 is 5.82 Å². The maximum atomic E-state index is 6.01. The fourth-order valence-electron chi connectivity index (χ4n) is 2.79. The average Bonchev–Trinajstić information content (AvgIpc) is 2.54. The summed E-state index contributed by atoms with van der Waals surface area (Å²) in [5.41, 5.74) is 5.91. The fourth-order valence-corrected chi connectivity index (χ4v) is 2.79. The van der Waals surface area contributed by atoms with E-state index < -0.39 is 0 Å². The van der Waals surface area contributed by atoms with Crippen LogP contribution >= 0.6 is 0 Å². The number of nitrogens with two attached hydrogens (primary N) is 1. The number of pyridine rings is 1. The second-order valence-electron chi connectivity index (χ2n) is 5.60. The number of hydrogen-bond acceptors (Lipinski definition) is 5. The lowest BCUT2D eigenvalue weighted by molar-refractivity contribution is -0.0333. The summed E-state index contributed by atoms with van der Waals surface area (Å²) in [5, 5.41) is 0. The number of rotatable bonds is 5. The largest absolute Gasteiger partial charge is 0.380 e. The quantitative estimate of drug-likeness (QED) is 0.869. The van der Waals surface area contributed by atoms with E-state index in [4.69, 9.17) is 10.5 Å². The Morgan fingerprint density at radius 3 is 2.55 bits per heavy atom. The molecule has 1 aliphatic rings. The van der Waals surface area contributed by atoms with Crippen molar-refractivity contribution in [3.8, 4) is 0 Å². The normalized spacial score (nSPS) is 21.5. The molecule has 2 N–H and O–H groups in total. The first-order valence-corrected chi connectivity index (χ1v) is 7.25. The lowest BCUT2D eigenvalue weighted by atomic mass is 9.92. The summed E-state index contributed by atoms with van der Waals surface area (Å²) < 4.78 is 5.52. The molecule has 2 heterocycles. The average molecular weight is 278 g/mol. The highest BCUT2D eigenvalue weighted by Gasteiger charge is 2.38. The lowest BCUT2D eigenvalue weighted by Gasteiger charge is -2.48. The van der Waals surface area contributed by atoms with Gasteiger partial charge in [0, 0.05) is 46.0 Å². The van der Waals surface area contributed by atoms with Gasteiger partial charge in [0.1, 0.15) is 5.82 Å². The van der Waals surface area contributed by atoms with Gasteiger partial charge in [-0.1, -0.05) is 6.07 Å². The minimum Gasteiger partial charge on any atom is -0.380 e. The van der Waals surface area contributed by atoms with E-state index in [1.165, 1.54) is 0 Å². The molecule has 20 heavy (non-hydrogen) atoms. The Hall–Kier alpha value is -1.17. The zero-order chi connectivity index (χ0) is 14.6. The topological polar surface area (TPSA) is 54.6 Å². The van der Waals surface area contributed by atoms with Crippen molar-refractivity contribution in [2.45, 2.75) is 25.5 Å². The summed E-state index contributed by atoms with van der Waals surface area (Å²) >= 11 is 0. The highest BCUT2D eigenvalue weighted by molar-refractivity contribution is 5.38. The monoisotopic (exact) mass is 278 g/mol. The van der Waals surface area contributed by atoms with Crippen molar-refractivity contribution in [3.05, 3.63) is 24.4 Å². The standard InChI is InChI=1S/C15H26N4O/c1-13(20-3)15(2,12-16)19-10-8-18(9-11-19)14-6-4-5-7-17-14/h4-7,13H,8-12,16H2,1-3H3. The summed E-state index contributed by atoms with van der Waals surface area (Å²) in [7, 11) is 1.75. The second-order valence-corrected chi connectivity index (χ2v) is 5.60. The van der Waals surface area contributed by atoms with Gasteiger partial charge in [-0.15, -0.1) is 0 Å². The van der Waals surface area contributed by atoms with Crippen LogP contribution < -0.4 is 10.6 Å².